The first-order valence-electron chi connectivity index (χ1n) is 12.0. The van der Waals surface area contributed by atoms with Crippen molar-refractivity contribution in [2.75, 3.05) is 6.61 Å². The zero-order chi connectivity index (χ0) is 27.1. The van der Waals surface area contributed by atoms with Crippen LogP contribution in [-0.2, 0) is 4.79 Å². The molecule has 38 heavy (non-hydrogen) atoms. The second kappa shape index (κ2) is 11.7. The second-order valence-corrected chi connectivity index (χ2v) is 8.36. The van der Waals surface area contributed by atoms with Crippen LogP contribution in [0.15, 0.2) is 90.6 Å². The van der Waals surface area contributed by atoms with Crippen LogP contribution in [0, 0.1) is 21.4 Å². The molecule has 1 atom stereocenters. The third-order valence-corrected chi connectivity index (χ3v) is 5.80. The van der Waals surface area contributed by atoms with Crippen LogP contribution in [0.25, 0.3) is 23.0 Å². The molecule has 0 unspecified atom stereocenters. The van der Waals surface area contributed by atoms with Gasteiger partial charge in [0.25, 0.3) is 5.91 Å². The molecule has 0 saturated heterocycles. The predicted molar refractivity (Wildman–Crippen MR) is 143 cm³/mol. The Morgan fingerprint density at radius 1 is 1.16 bits per heavy atom. The lowest BCUT2D eigenvalue weighted by Crippen LogP contribution is -2.27. The summed E-state index contributed by atoms with van der Waals surface area (Å²) < 4.78 is 7.01. The Morgan fingerprint density at radius 3 is 2.47 bits per heavy atom. The summed E-state index contributed by atoms with van der Waals surface area (Å²) in [4.78, 5) is 24.2. The summed E-state index contributed by atoms with van der Waals surface area (Å²) in [6.45, 7) is 3.86. The van der Waals surface area contributed by atoms with Crippen molar-refractivity contribution in [1.82, 2.24) is 15.1 Å². The number of nitro groups is 1. The minimum absolute atomic E-state index is 0.123. The summed E-state index contributed by atoms with van der Waals surface area (Å²) in [6.07, 6.45) is 3.12. The van der Waals surface area contributed by atoms with E-state index in [-0.39, 0.29) is 29.7 Å². The first kappa shape index (κ1) is 25.9. The van der Waals surface area contributed by atoms with Crippen LogP contribution < -0.4 is 10.1 Å². The van der Waals surface area contributed by atoms with Gasteiger partial charge in [-0.25, -0.2) is 4.68 Å². The molecule has 4 rings (SSSR count). The summed E-state index contributed by atoms with van der Waals surface area (Å²) >= 11 is 0. The molecule has 3 aromatic carbocycles. The van der Waals surface area contributed by atoms with Crippen LogP contribution in [0.5, 0.6) is 5.75 Å². The number of nitrogens with one attached hydrogen (secondary N) is 1. The van der Waals surface area contributed by atoms with E-state index in [0.29, 0.717) is 16.8 Å². The highest BCUT2D eigenvalue weighted by atomic mass is 16.6. The predicted octanol–water partition coefficient (Wildman–Crippen LogP) is 5.63. The lowest BCUT2D eigenvalue weighted by Gasteiger charge is -2.13. The van der Waals surface area contributed by atoms with E-state index in [0.717, 1.165) is 11.3 Å². The second-order valence-electron chi connectivity index (χ2n) is 8.36. The van der Waals surface area contributed by atoms with Gasteiger partial charge in [-0.2, -0.15) is 10.4 Å². The molecule has 0 aliphatic heterocycles. The molecule has 0 aliphatic rings. The number of amides is 1. The number of rotatable bonds is 9. The number of nitro benzene ring substituents is 1. The van der Waals surface area contributed by atoms with Gasteiger partial charge < -0.3 is 10.1 Å². The van der Waals surface area contributed by atoms with Gasteiger partial charge >= 0.3 is 5.69 Å². The molecule has 0 spiro atoms. The van der Waals surface area contributed by atoms with E-state index < -0.39 is 10.8 Å². The number of para-hydroxylation sites is 1. The molecule has 0 saturated carbocycles. The van der Waals surface area contributed by atoms with E-state index in [1.54, 1.807) is 23.9 Å². The van der Waals surface area contributed by atoms with Crippen LogP contribution in [-0.4, -0.2) is 27.2 Å². The third-order valence-electron chi connectivity index (χ3n) is 5.80. The average Bonchev–Trinajstić information content (AvgIpc) is 3.36. The van der Waals surface area contributed by atoms with Crippen LogP contribution in [0.2, 0.25) is 0 Å². The molecule has 0 radical (unpaired) electrons. The number of nitrogens with zero attached hydrogens (tertiary/aromatic N) is 4. The zero-order valence-electron chi connectivity index (χ0n) is 20.9. The fraction of sp³-hybridized carbons (Fsp3) is 0.138. The van der Waals surface area contributed by atoms with Crippen LogP contribution in [0.1, 0.15) is 31.0 Å². The summed E-state index contributed by atoms with van der Waals surface area (Å²) in [7, 11) is 0. The molecule has 1 N–H and O–H groups in total. The molecular weight excluding hydrogens is 482 g/mol. The van der Waals surface area contributed by atoms with Gasteiger partial charge in [-0.3, -0.25) is 14.9 Å². The fourth-order valence-corrected chi connectivity index (χ4v) is 3.92. The molecule has 1 amide bonds. The van der Waals surface area contributed by atoms with Crippen molar-refractivity contribution in [2.24, 2.45) is 0 Å². The van der Waals surface area contributed by atoms with Crippen LogP contribution in [0.4, 0.5) is 5.69 Å². The molecule has 9 nitrogen and oxygen atoms in total. The average molecular weight is 508 g/mol. The van der Waals surface area contributed by atoms with E-state index in [1.165, 1.54) is 18.2 Å². The van der Waals surface area contributed by atoms with Crippen molar-refractivity contribution in [3.8, 4) is 28.8 Å². The Kier molecular flexibility index (Phi) is 7.94. The molecule has 0 aliphatic carbocycles. The maximum Gasteiger partial charge on any atom is 0.311 e. The normalized spacial score (nSPS) is 11.9. The number of benzene rings is 3. The molecule has 9 heteroatoms. The highest BCUT2D eigenvalue weighted by molar-refractivity contribution is 6.02. The molecule has 0 bridgehead atoms. The molecule has 4 aromatic rings. The number of carbonyl (C=O) groups is 1. The highest BCUT2D eigenvalue weighted by Gasteiger charge is 2.21. The Morgan fingerprint density at radius 2 is 1.84 bits per heavy atom. The first-order chi connectivity index (χ1) is 18.4. The number of hydrogen-bond donors (Lipinski definition) is 1. The number of ether oxygens (including phenoxy) is 1. The van der Waals surface area contributed by atoms with Crippen molar-refractivity contribution in [1.29, 1.82) is 5.26 Å². The lowest BCUT2D eigenvalue weighted by molar-refractivity contribution is -0.385. The third kappa shape index (κ3) is 5.77. The van der Waals surface area contributed by atoms with Gasteiger partial charge in [0, 0.05) is 23.4 Å². The number of carbonyl (C=O) groups excluding carboxylic acids is 1. The molecule has 1 heterocycles. The van der Waals surface area contributed by atoms with Crippen LogP contribution in [0.3, 0.4) is 0 Å². The Bertz CT molecular complexity index is 1520. The topological polar surface area (TPSA) is 123 Å². The van der Waals surface area contributed by atoms with Crippen molar-refractivity contribution < 1.29 is 14.5 Å². The van der Waals surface area contributed by atoms with Gasteiger partial charge in [-0.1, -0.05) is 48.5 Å². The van der Waals surface area contributed by atoms with E-state index in [4.69, 9.17) is 4.74 Å². The Labute approximate surface area is 219 Å². The first-order valence-corrected chi connectivity index (χ1v) is 12.0. The van der Waals surface area contributed by atoms with Crippen LogP contribution >= 0.6 is 0 Å². The number of hydrogen-bond acceptors (Lipinski definition) is 6. The molecule has 0 fully saturated rings. The molecule has 190 valence electrons. The van der Waals surface area contributed by atoms with Crippen molar-refractivity contribution >= 4 is 17.7 Å². The van der Waals surface area contributed by atoms with Gasteiger partial charge in [0.05, 0.1) is 23.3 Å². The Hall–Kier alpha value is -5.23. The fourth-order valence-electron chi connectivity index (χ4n) is 3.92. The van der Waals surface area contributed by atoms with Gasteiger partial charge in [0.1, 0.15) is 17.3 Å². The van der Waals surface area contributed by atoms with E-state index in [2.05, 4.69) is 10.4 Å². The summed E-state index contributed by atoms with van der Waals surface area (Å²) in [5.41, 5.74) is 2.58. The smallest absolute Gasteiger partial charge is 0.311 e. The lowest BCUT2D eigenvalue weighted by atomic mass is 10.0. The maximum atomic E-state index is 13.0. The highest BCUT2D eigenvalue weighted by Crippen LogP contribution is 2.34. The quantitative estimate of drug-likeness (QED) is 0.136. The minimum Gasteiger partial charge on any atom is -0.487 e. The summed E-state index contributed by atoms with van der Waals surface area (Å²) in [5.74, 6) is -0.396. The zero-order valence-corrected chi connectivity index (χ0v) is 20.9. The van der Waals surface area contributed by atoms with Crippen molar-refractivity contribution in [3.63, 3.8) is 0 Å². The SMILES string of the molecule is CCOc1ccc(-c2nn(-c3ccccc3)cc2/C=C(/C#N)C(=O)N[C@H](C)c2ccccc2)cc1[N+](=O)[O-]. The number of aromatic nitrogens is 2. The summed E-state index contributed by atoms with van der Waals surface area (Å²) in [5, 5.41) is 29.0. The largest absolute Gasteiger partial charge is 0.487 e. The van der Waals surface area contributed by atoms with Crippen molar-refractivity contribution in [2.45, 2.75) is 19.9 Å². The monoisotopic (exact) mass is 507 g/mol. The van der Waals surface area contributed by atoms with Gasteiger partial charge in [-0.15, -0.1) is 0 Å². The van der Waals surface area contributed by atoms with E-state index in [9.17, 15) is 20.2 Å². The molecular formula is C29H25N5O4. The van der Waals surface area contributed by atoms with Gasteiger partial charge in [0.15, 0.2) is 5.75 Å². The Balaban J connectivity index is 1.77. The number of nitriles is 1. The van der Waals surface area contributed by atoms with Gasteiger partial charge in [-0.05, 0) is 49.8 Å². The minimum atomic E-state index is -0.542. The standard InChI is InChI=1S/C29H25N5O4/c1-3-38-27-15-14-22(17-26(27)34(36)37)28-24(19-33(32-28)25-12-8-5-9-13-25)16-23(18-30)29(35)31-20(2)21-10-6-4-7-11-21/h4-17,19-20H,3H2,1-2H3,(H,31,35)/b23-16-/t20-/m1/s1. The summed E-state index contributed by atoms with van der Waals surface area (Å²) in [6, 6.07) is 24.9. The van der Waals surface area contributed by atoms with Crippen molar-refractivity contribution in [3.05, 3.63) is 112 Å². The molecule has 1 aromatic heterocycles. The maximum absolute atomic E-state index is 13.0. The van der Waals surface area contributed by atoms with E-state index in [1.807, 2.05) is 73.7 Å². The van der Waals surface area contributed by atoms with E-state index >= 15 is 0 Å². The van der Waals surface area contributed by atoms with Gasteiger partial charge in [0.2, 0.25) is 0 Å².